The zero-order valence-corrected chi connectivity index (χ0v) is 8.53. The first-order valence-corrected chi connectivity index (χ1v) is 4.84. The lowest BCUT2D eigenvalue weighted by Crippen LogP contribution is -2.37. The summed E-state index contributed by atoms with van der Waals surface area (Å²) >= 11 is 5.82. The van der Waals surface area contributed by atoms with E-state index in [1.807, 2.05) is 6.07 Å². The molecule has 0 saturated carbocycles. The molecule has 0 saturated heterocycles. The highest BCUT2D eigenvalue weighted by Crippen LogP contribution is 2.13. The second-order valence-electron chi connectivity index (χ2n) is 3.23. The molecule has 1 atom stereocenters. The Kier molecular flexibility index (Phi) is 2.60. The molecule has 1 aromatic carbocycles. The number of aliphatic imine (C=N–C) groups is 1. The van der Waals surface area contributed by atoms with Crippen LogP contribution in [0.5, 0.6) is 0 Å². The van der Waals surface area contributed by atoms with Crippen LogP contribution in [0.1, 0.15) is 5.56 Å². The summed E-state index contributed by atoms with van der Waals surface area (Å²) in [6.45, 7) is 0.261. The van der Waals surface area contributed by atoms with Crippen LogP contribution in [-0.2, 0) is 4.79 Å². The van der Waals surface area contributed by atoms with Gasteiger partial charge >= 0.3 is 5.97 Å². The number of hydrogen-bond acceptors (Lipinski definition) is 3. The van der Waals surface area contributed by atoms with Gasteiger partial charge in [0.1, 0.15) is 11.9 Å². The van der Waals surface area contributed by atoms with Gasteiger partial charge in [0.15, 0.2) is 0 Å². The number of carboxylic acid groups (broad SMARTS) is 1. The fourth-order valence-corrected chi connectivity index (χ4v) is 1.58. The van der Waals surface area contributed by atoms with Crippen molar-refractivity contribution in [3.8, 4) is 0 Å². The van der Waals surface area contributed by atoms with Gasteiger partial charge in [0.25, 0.3) is 0 Å². The highest BCUT2D eigenvalue weighted by molar-refractivity contribution is 6.31. The van der Waals surface area contributed by atoms with Crippen LogP contribution in [0.15, 0.2) is 29.3 Å². The van der Waals surface area contributed by atoms with Crippen LogP contribution in [0.3, 0.4) is 0 Å². The monoisotopic (exact) mass is 224 g/mol. The third-order valence-corrected chi connectivity index (χ3v) is 2.37. The maximum atomic E-state index is 10.7. The van der Waals surface area contributed by atoms with Gasteiger partial charge in [-0.05, 0) is 12.1 Å². The van der Waals surface area contributed by atoms with Crippen molar-refractivity contribution in [2.75, 3.05) is 6.54 Å². The Labute approximate surface area is 91.6 Å². The molecule has 2 N–H and O–H groups in total. The predicted molar refractivity (Wildman–Crippen MR) is 57.4 cm³/mol. The number of carbonyl (C=O) groups is 1. The maximum Gasteiger partial charge on any atom is 0.328 e. The van der Waals surface area contributed by atoms with E-state index in [2.05, 4.69) is 10.3 Å². The molecule has 0 spiro atoms. The Hall–Kier alpha value is -1.55. The summed E-state index contributed by atoms with van der Waals surface area (Å²) in [4.78, 5) is 14.8. The summed E-state index contributed by atoms with van der Waals surface area (Å²) in [6.07, 6.45) is 0. The Bertz CT molecular complexity index is 431. The molecule has 1 aliphatic rings. The van der Waals surface area contributed by atoms with Crippen LogP contribution in [0.25, 0.3) is 0 Å². The Balaban J connectivity index is 2.17. The highest BCUT2D eigenvalue weighted by Gasteiger charge is 2.24. The van der Waals surface area contributed by atoms with E-state index < -0.39 is 12.0 Å². The normalized spacial score (nSPS) is 19.5. The molecule has 0 fully saturated rings. The number of nitrogens with one attached hydrogen (secondary N) is 1. The number of hydrogen-bond donors (Lipinski definition) is 2. The molecule has 0 aromatic heterocycles. The minimum absolute atomic E-state index is 0.261. The Morgan fingerprint density at radius 2 is 2.40 bits per heavy atom. The van der Waals surface area contributed by atoms with Crippen molar-refractivity contribution in [1.82, 2.24) is 5.32 Å². The fourth-order valence-electron chi connectivity index (χ4n) is 1.39. The number of halogens is 1. The average Bonchev–Trinajstić information content (AvgIpc) is 2.66. The molecular formula is C10H9ClN2O2. The third kappa shape index (κ3) is 2.10. The van der Waals surface area contributed by atoms with E-state index >= 15 is 0 Å². The fraction of sp³-hybridized carbons (Fsp3) is 0.200. The summed E-state index contributed by atoms with van der Waals surface area (Å²) in [5.41, 5.74) is 0.811. The Morgan fingerprint density at radius 3 is 3.00 bits per heavy atom. The molecule has 0 bridgehead atoms. The molecule has 1 aromatic rings. The first-order valence-electron chi connectivity index (χ1n) is 4.46. The van der Waals surface area contributed by atoms with Crippen molar-refractivity contribution in [1.29, 1.82) is 0 Å². The predicted octanol–water partition coefficient (Wildman–Crippen LogP) is 1.14. The van der Waals surface area contributed by atoms with E-state index in [1.54, 1.807) is 18.2 Å². The van der Waals surface area contributed by atoms with Gasteiger partial charge in [0.05, 0.1) is 6.54 Å². The average molecular weight is 225 g/mol. The molecule has 0 aliphatic carbocycles. The van der Waals surface area contributed by atoms with Crippen LogP contribution in [0.4, 0.5) is 0 Å². The molecule has 0 radical (unpaired) electrons. The summed E-state index contributed by atoms with van der Waals surface area (Å²) < 4.78 is 0. The lowest BCUT2D eigenvalue weighted by atomic mass is 10.2. The van der Waals surface area contributed by atoms with E-state index in [1.165, 1.54) is 0 Å². The maximum absolute atomic E-state index is 10.7. The quantitative estimate of drug-likeness (QED) is 0.792. The summed E-state index contributed by atoms with van der Waals surface area (Å²) in [6, 6.07) is 6.52. The SMILES string of the molecule is O=C(O)C1CN=C(c2cccc(Cl)c2)N1. The first kappa shape index (κ1) is 9.98. The van der Waals surface area contributed by atoms with Gasteiger partial charge in [-0.2, -0.15) is 0 Å². The van der Waals surface area contributed by atoms with Crippen molar-refractivity contribution in [2.24, 2.45) is 4.99 Å². The Morgan fingerprint density at radius 1 is 1.60 bits per heavy atom. The molecular weight excluding hydrogens is 216 g/mol. The standard InChI is InChI=1S/C10H9ClN2O2/c11-7-3-1-2-6(4-7)9-12-5-8(13-9)10(14)15/h1-4,8H,5H2,(H,12,13)(H,14,15). The molecule has 15 heavy (non-hydrogen) atoms. The minimum atomic E-state index is -0.893. The second-order valence-corrected chi connectivity index (χ2v) is 3.67. The van der Waals surface area contributed by atoms with Crippen molar-refractivity contribution in [3.63, 3.8) is 0 Å². The minimum Gasteiger partial charge on any atom is -0.480 e. The number of carboxylic acids is 1. The molecule has 1 aliphatic heterocycles. The number of rotatable bonds is 2. The lowest BCUT2D eigenvalue weighted by molar-refractivity contribution is -0.138. The highest BCUT2D eigenvalue weighted by atomic mass is 35.5. The van der Waals surface area contributed by atoms with E-state index in [0.29, 0.717) is 10.9 Å². The number of amidine groups is 1. The van der Waals surface area contributed by atoms with Crippen LogP contribution in [-0.4, -0.2) is 29.5 Å². The van der Waals surface area contributed by atoms with Gasteiger partial charge in [-0.25, -0.2) is 4.79 Å². The lowest BCUT2D eigenvalue weighted by Gasteiger charge is -2.06. The van der Waals surface area contributed by atoms with E-state index in [-0.39, 0.29) is 6.54 Å². The summed E-state index contributed by atoms with van der Waals surface area (Å²) in [5.74, 6) is -0.305. The largest absolute Gasteiger partial charge is 0.480 e. The molecule has 5 heteroatoms. The van der Waals surface area contributed by atoms with Crippen LogP contribution in [0.2, 0.25) is 5.02 Å². The molecule has 1 heterocycles. The smallest absolute Gasteiger partial charge is 0.328 e. The summed E-state index contributed by atoms with van der Waals surface area (Å²) in [5, 5.41) is 12.2. The van der Waals surface area contributed by atoms with Crippen molar-refractivity contribution >= 4 is 23.4 Å². The van der Waals surface area contributed by atoms with Crippen molar-refractivity contribution in [3.05, 3.63) is 34.9 Å². The third-order valence-electron chi connectivity index (χ3n) is 2.14. The molecule has 0 amide bonds. The molecule has 2 rings (SSSR count). The van der Waals surface area contributed by atoms with Gasteiger partial charge in [-0.15, -0.1) is 0 Å². The van der Waals surface area contributed by atoms with Gasteiger partial charge in [-0.1, -0.05) is 23.7 Å². The van der Waals surface area contributed by atoms with Crippen LogP contribution < -0.4 is 5.32 Å². The zero-order valence-electron chi connectivity index (χ0n) is 7.77. The van der Waals surface area contributed by atoms with Gasteiger partial charge in [0.2, 0.25) is 0 Å². The van der Waals surface area contributed by atoms with Crippen molar-refractivity contribution < 1.29 is 9.90 Å². The van der Waals surface area contributed by atoms with E-state index in [4.69, 9.17) is 16.7 Å². The second kappa shape index (κ2) is 3.90. The molecule has 4 nitrogen and oxygen atoms in total. The van der Waals surface area contributed by atoms with E-state index in [0.717, 1.165) is 5.56 Å². The number of nitrogens with zero attached hydrogens (tertiary/aromatic N) is 1. The first-order chi connectivity index (χ1) is 7.16. The van der Waals surface area contributed by atoms with Gasteiger partial charge in [0, 0.05) is 10.6 Å². The van der Waals surface area contributed by atoms with Crippen LogP contribution >= 0.6 is 11.6 Å². The van der Waals surface area contributed by atoms with Crippen LogP contribution in [0, 0.1) is 0 Å². The summed E-state index contributed by atoms with van der Waals surface area (Å²) in [7, 11) is 0. The van der Waals surface area contributed by atoms with E-state index in [9.17, 15) is 4.79 Å². The molecule has 78 valence electrons. The van der Waals surface area contributed by atoms with Crippen molar-refractivity contribution in [2.45, 2.75) is 6.04 Å². The number of benzene rings is 1. The van der Waals surface area contributed by atoms with Gasteiger partial charge in [-0.3, -0.25) is 4.99 Å². The molecule has 1 unspecified atom stereocenters. The number of aliphatic carboxylic acids is 1. The van der Waals surface area contributed by atoms with Gasteiger partial charge < -0.3 is 10.4 Å². The topological polar surface area (TPSA) is 61.7 Å². The zero-order chi connectivity index (χ0) is 10.8.